The molecular formula is C34H74O4S4Si2. The summed E-state index contributed by atoms with van der Waals surface area (Å²) in [5, 5.41) is 0. The minimum absolute atomic E-state index is 0.222. The van der Waals surface area contributed by atoms with E-state index in [1.807, 2.05) is 41.2 Å². The van der Waals surface area contributed by atoms with E-state index in [2.05, 4.69) is 41.5 Å². The van der Waals surface area contributed by atoms with E-state index in [1.165, 1.54) is 101 Å². The summed E-state index contributed by atoms with van der Waals surface area (Å²) in [6, 6.07) is 2.68. The van der Waals surface area contributed by atoms with E-state index in [-0.39, 0.29) is 10.8 Å². The fourth-order valence-electron chi connectivity index (χ4n) is 5.03. The lowest BCUT2D eigenvalue weighted by atomic mass is 10.2. The van der Waals surface area contributed by atoms with Gasteiger partial charge in [0, 0.05) is 37.9 Å². The molecule has 0 aliphatic rings. The molecule has 10 heteroatoms. The van der Waals surface area contributed by atoms with Crippen molar-refractivity contribution in [3.63, 3.8) is 0 Å². The van der Waals surface area contributed by atoms with Crippen LogP contribution >= 0.6 is 41.2 Å². The van der Waals surface area contributed by atoms with Gasteiger partial charge in [-0.15, -0.1) is 0 Å². The monoisotopic (exact) mass is 730 g/mol. The number of hydrogen-bond acceptors (Lipinski definition) is 8. The molecule has 0 unspecified atom stereocenters. The minimum Gasteiger partial charge on any atom is -0.354 e. The van der Waals surface area contributed by atoms with E-state index in [0.717, 1.165) is 65.0 Å². The van der Waals surface area contributed by atoms with Crippen LogP contribution in [-0.4, -0.2) is 67.8 Å². The van der Waals surface area contributed by atoms with Gasteiger partial charge in [0.15, 0.2) is 0 Å². The molecule has 0 fully saturated rings. The van der Waals surface area contributed by atoms with Gasteiger partial charge in [-0.2, -0.15) is 0 Å². The number of rotatable bonds is 37. The van der Waals surface area contributed by atoms with Crippen LogP contribution in [0.5, 0.6) is 0 Å². The third-order valence-corrected chi connectivity index (χ3v) is 19.4. The maximum atomic E-state index is 6.56. The van der Waals surface area contributed by atoms with Crippen LogP contribution in [0.2, 0.25) is 12.1 Å². The Balaban J connectivity index is 4.41. The molecule has 0 amide bonds. The highest BCUT2D eigenvalue weighted by atomic mass is 33.7. The lowest BCUT2D eigenvalue weighted by Gasteiger charge is -2.34. The molecule has 0 spiro atoms. The zero-order valence-corrected chi connectivity index (χ0v) is 36.2. The largest absolute Gasteiger partial charge is 0.354 e. The van der Waals surface area contributed by atoms with Crippen LogP contribution in [0.25, 0.3) is 0 Å². The Kier molecular flexibility index (Phi) is 35.8. The topological polar surface area (TPSA) is 36.9 Å². The van der Waals surface area contributed by atoms with Crippen molar-refractivity contribution < 1.29 is 18.9 Å². The Morgan fingerprint density at radius 3 is 1.02 bits per heavy atom. The van der Waals surface area contributed by atoms with Gasteiger partial charge in [0.25, 0.3) is 0 Å². The molecule has 44 heavy (non-hydrogen) atoms. The molecule has 0 aromatic carbocycles. The second-order valence-corrected chi connectivity index (χ2v) is 23.0. The second-order valence-electron chi connectivity index (χ2n) is 12.2. The Morgan fingerprint density at radius 2 is 0.727 bits per heavy atom. The summed E-state index contributed by atoms with van der Waals surface area (Å²) < 4.78 is 26.2. The third-order valence-electron chi connectivity index (χ3n) is 7.97. The molecule has 0 aromatic rings. The first kappa shape index (κ1) is 45.7. The summed E-state index contributed by atoms with van der Waals surface area (Å²) in [6.07, 6.45) is 21.6. The molecule has 0 saturated heterocycles. The summed E-state index contributed by atoms with van der Waals surface area (Å²) in [4.78, 5) is 0. The van der Waals surface area contributed by atoms with E-state index < -0.39 is 19.0 Å². The maximum absolute atomic E-state index is 6.56. The van der Waals surface area contributed by atoms with E-state index in [9.17, 15) is 0 Å². The Morgan fingerprint density at radius 1 is 0.409 bits per heavy atom. The summed E-state index contributed by atoms with van der Waals surface area (Å²) in [5.41, 5.74) is -0.444. The van der Waals surface area contributed by atoms with Crippen molar-refractivity contribution in [1.29, 1.82) is 0 Å². The predicted octanol–water partition coefficient (Wildman–Crippen LogP) is 11.4. The highest BCUT2D eigenvalue weighted by Gasteiger charge is 2.32. The molecule has 4 nitrogen and oxygen atoms in total. The molecule has 0 aromatic heterocycles. The van der Waals surface area contributed by atoms with Gasteiger partial charge >= 0.3 is 0 Å². The molecule has 0 atom stereocenters. The van der Waals surface area contributed by atoms with Gasteiger partial charge in [0.1, 0.15) is 10.8 Å². The average molecular weight is 731 g/mol. The normalized spacial score (nSPS) is 13.0. The quantitative estimate of drug-likeness (QED) is 0.0271. The van der Waals surface area contributed by atoms with Crippen LogP contribution < -0.4 is 0 Å². The van der Waals surface area contributed by atoms with Crippen molar-refractivity contribution in [3.8, 4) is 0 Å². The second kappa shape index (κ2) is 34.5. The van der Waals surface area contributed by atoms with Gasteiger partial charge in [-0.25, -0.2) is 0 Å². The van der Waals surface area contributed by atoms with Crippen LogP contribution in [0, 0.1) is 0 Å². The highest BCUT2D eigenvalue weighted by molar-refractivity contribution is 9.26. The smallest absolute Gasteiger partial charge is 0.144 e. The Hall–Kier alpha value is 1.67. The number of hydrogen-bond donors (Lipinski definition) is 0. The van der Waals surface area contributed by atoms with Gasteiger partial charge in [0.05, 0.1) is 19.0 Å². The average Bonchev–Trinajstić information content (AvgIpc) is 3.02. The zero-order chi connectivity index (χ0) is 32.5. The third kappa shape index (κ3) is 26.6. The lowest BCUT2D eigenvalue weighted by molar-refractivity contribution is -0.187. The first-order chi connectivity index (χ1) is 21.6. The van der Waals surface area contributed by atoms with E-state index in [1.54, 1.807) is 0 Å². The van der Waals surface area contributed by atoms with Crippen LogP contribution in [0.4, 0.5) is 0 Å². The molecule has 0 aliphatic heterocycles. The Bertz CT molecular complexity index is 480. The zero-order valence-electron chi connectivity index (χ0n) is 30.1. The van der Waals surface area contributed by atoms with E-state index >= 15 is 0 Å². The van der Waals surface area contributed by atoms with Crippen molar-refractivity contribution in [2.24, 2.45) is 0 Å². The molecule has 0 heterocycles. The molecule has 0 radical (unpaired) electrons. The van der Waals surface area contributed by atoms with Crippen LogP contribution in [0.1, 0.15) is 157 Å². The van der Waals surface area contributed by atoms with Crippen molar-refractivity contribution in [3.05, 3.63) is 0 Å². The number of ether oxygens (including phenoxy) is 4. The Labute approximate surface area is 295 Å². The summed E-state index contributed by atoms with van der Waals surface area (Å²) in [5.74, 6) is 2.42. The van der Waals surface area contributed by atoms with Gasteiger partial charge in [-0.1, -0.05) is 127 Å². The highest BCUT2D eigenvalue weighted by Crippen LogP contribution is 2.43. The number of unbranched alkanes of at least 4 members (excludes halogenated alkanes) is 8. The van der Waals surface area contributed by atoms with Crippen molar-refractivity contribution in [1.82, 2.24) is 0 Å². The van der Waals surface area contributed by atoms with Crippen LogP contribution in [-0.2, 0) is 18.9 Å². The van der Waals surface area contributed by atoms with Crippen molar-refractivity contribution >= 4 is 60.3 Å². The molecule has 266 valence electrons. The summed E-state index contributed by atoms with van der Waals surface area (Å²) >= 11 is 0. The first-order valence-corrected chi connectivity index (χ1v) is 27.3. The van der Waals surface area contributed by atoms with E-state index in [0.29, 0.717) is 0 Å². The standard InChI is InChI=1S/C34H74O4S4Si2/c1-7-13-25-35-33(36-26-14-8-2,43-31-17-11-5)23-19-21-29-39-41-42-40-30-22-20-24-34(37-27-15-9-3,38-28-16-10-4)44-32-18-12-6/h7-32,43-44H2,1-6H3. The first-order valence-electron chi connectivity index (χ1n) is 18.7. The summed E-state index contributed by atoms with van der Waals surface area (Å²) in [7, 11) is 7.16. The molecule has 0 N–H and O–H groups in total. The van der Waals surface area contributed by atoms with Gasteiger partial charge in [0.2, 0.25) is 0 Å². The summed E-state index contributed by atoms with van der Waals surface area (Å²) in [6.45, 7) is 17.0. The van der Waals surface area contributed by atoms with Crippen molar-refractivity contribution in [2.75, 3.05) is 37.9 Å². The molecule has 0 bridgehead atoms. The SMILES string of the molecule is CCCCOC(CCCCSSSSCCCCC(OCCCC)(OCCCC)[SiH2]CCCC)(OCCCC)[SiH2]CCCC. The fourth-order valence-corrected chi connectivity index (χ4v) is 16.0. The van der Waals surface area contributed by atoms with Gasteiger partial charge < -0.3 is 18.9 Å². The van der Waals surface area contributed by atoms with E-state index in [4.69, 9.17) is 18.9 Å². The molecule has 0 aliphatic carbocycles. The van der Waals surface area contributed by atoms with Gasteiger partial charge in [-0.3, -0.25) is 0 Å². The van der Waals surface area contributed by atoms with Crippen LogP contribution in [0.15, 0.2) is 0 Å². The molecule has 0 rings (SSSR count). The van der Waals surface area contributed by atoms with Crippen molar-refractivity contribution in [2.45, 2.75) is 180 Å². The predicted molar refractivity (Wildman–Crippen MR) is 213 cm³/mol. The molecular weight excluding hydrogens is 657 g/mol. The van der Waals surface area contributed by atoms with Crippen LogP contribution in [0.3, 0.4) is 0 Å². The fraction of sp³-hybridized carbons (Fsp3) is 1.00. The lowest BCUT2D eigenvalue weighted by Crippen LogP contribution is -2.43. The maximum Gasteiger partial charge on any atom is 0.144 e. The minimum atomic E-state index is -0.411. The molecule has 0 saturated carbocycles. The van der Waals surface area contributed by atoms with Gasteiger partial charge in [-0.05, 0) is 83.9 Å².